The predicted molar refractivity (Wildman–Crippen MR) is 154 cm³/mol. The highest BCUT2D eigenvalue weighted by Crippen LogP contribution is 2.39. The van der Waals surface area contributed by atoms with Crippen LogP contribution in [-0.4, -0.2) is 29.5 Å². The van der Waals surface area contributed by atoms with Crippen molar-refractivity contribution in [3.8, 4) is 0 Å². The van der Waals surface area contributed by atoms with Crippen molar-refractivity contribution in [2.45, 2.75) is 18.9 Å². The van der Waals surface area contributed by atoms with Crippen molar-refractivity contribution in [1.29, 1.82) is 0 Å². The third-order valence-corrected chi connectivity index (χ3v) is 7.90. The summed E-state index contributed by atoms with van der Waals surface area (Å²) in [6.45, 7) is 2.07. The van der Waals surface area contributed by atoms with Gasteiger partial charge in [0.25, 0.3) is 17.4 Å². The number of piperidine rings is 1. The lowest BCUT2D eigenvalue weighted by Crippen LogP contribution is -2.47. The van der Waals surface area contributed by atoms with Crippen LogP contribution in [0, 0.1) is 5.92 Å². The molecule has 0 spiro atoms. The van der Waals surface area contributed by atoms with Gasteiger partial charge in [-0.1, -0.05) is 17.7 Å². The molecule has 10 heteroatoms. The number of hydrogen-bond acceptors (Lipinski definition) is 5. The lowest BCUT2D eigenvalue weighted by molar-refractivity contribution is 0.0992. The lowest BCUT2D eigenvalue weighted by Gasteiger charge is -2.44. The molecule has 2 bridgehead atoms. The summed E-state index contributed by atoms with van der Waals surface area (Å²) in [6.07, 6.45) is 1.00. The van der Waals surface area contributed by atoms with Gasteiger partial charge in [0.2, 0.25) is 0 Å². The van der Waals surface area contributed by atoms with E-state index in [1.165, 1.54) is 0 Å². The van der Waals surface area contributed by atoms with Crippen LogP contribution in [0.2, 0.25) is 5.02 Å². The number of nitrogens with zero attached hydrogens (tertiary/aromatic N) is 2. The molecule has 2 aromatic carbocycles. The van der Waals surface area contributed by atoms with Crippen LogP contribution in [-0.2, 0) is 6.54 Å². The van der Waals surface area contributed by atoms with E-state index in [1.54, 1.807) is 54.6 Å². The number of rotatable bonds is 5. The zero-order valence-corrected chi connectivity index (χ0v) is 23.0. The number of fused-ring (bicyclic) bond motifs is 4. The number of nitrogens with one attached hydrogen (secondary N) is 2. The van der Waals surface area contributed by atoms with Gasteiger partial charge in [0.15, 0.2) is 10.4 Å². The van der Waals surface area contributed by atoms with Crippen molar-refractivity contribution < 1.29 is 14.0 Å². The number of halogens is 2. The Kier molecular flexibility index (Phi) is 6.78. The molecule has 2 unspecified atom stereocenters. The Labute approximate surface area is 237 Å². The molecule has 4 aromatic rings. The summed E-state index contributed by atoms with van der Waals surface area (Å²) >= 11 is 9.20. The Balaban J connectivity index is 1.32. The summed E-state index contributed by atoms with van der Waals surface area (Å²) in [5.41, 5.74) is 3.37. The van der Waals surface area contributed by atoms with E-state index in [0.29, 0.717) is 39.7 Å². The second-order valence-electron chi connectivity index (χ2n) is 9.85. The fourth-order valence-corrected chi connectivity index (χ4v) is 5.94. The summed E-state index contributed by atoms with van der Waals surface area (Å²) in [5, 5.41) is 6.39. The molecule has 1 saturated heterocycles. The quantitative estimate of drug-likeness (QED) is 0.291. The molecule has 4 heterocycles. The molecular weight excluding hydrogens is 584 g/mol. The minimum absolute atomic E-state index is 0.0317. The average molecular weight is 608 g/mol. The molecule has 2 atom stereocenters. The standard InChI is InChI=1S/C29H24BrClN4O4/c30-26-11-10-25(39-26)29(38)33-22-13-18(28(37)32-21-7-5-20(31)6-8-21)4-9-24(22)34-14-17-12-19(16-34)23-2-1-3-27(36)35(23)15-17/h1-11,13,17,19H,12,14-16H2,(H,32,37)(H,33,38). The van der Waals surface area contributed by atoms with Crippen LogP contribution in [0.3, 0.4) is 0 Å². The van der Waals surface area contributed by atoms with Gasteiger partial charge in [-0.15, -0.1) is 0 Å². The predicted octanol–water partition coefficient (Wildman–Crippen LogP) is 5.99. The fourth-order valence-electron chi connectivity index (χ4n) is 5.50. The first-order valence-corrected chi connectivity index (χ1v) is 13.7. The van der Waals surface area contributed by atoms with Crippen LogP contribution < -0.4 is 21.1 Å². The van der Waals surface area contributed by atoms with E-state index in [0.717, 1.165) is 24.3 Å². The highest BCUT2D eigenvalue weighted by atomic mass is 79.9. The summed E-state index contributed by atoms with van der Waals surface area (Å²) in [7, 11) is 0. The molecule has 39 heavy (non-hydrogen) atoms. The number of furan rings is 1. The molecule has 0 radical (unpaired) electrons. The maximum Gasteiger partial charge on any atom is 0.291 e. The molecule has 6 rings (SSSR count). The monoisotopic (exact) mass is 606 g/mol. The smallest absolute Gasteiger partial charge is 0.291 e. The van der Waals surface area contributed by atoms with Gasteiger partial charge in [0.05, 0.1) is 11.4 Å². The normalized spacial score (nSPS) is 17.8. The number of carbonyl (C=O) groups is 2. The average Bonchev–Trinajstić information content (AvgIpc) is 3.37. The third kappa shape index (κ3) is 5.24. The summed E-state index contributed by atoms with van der Waals surface area (Å²) in [5.74, 6) is -0.124. The number of benzene rings is 2. The van der Waals surface area contributed by atoms with E-state index >= 15 is 0 Å². The highest BCUT2D eigenvalue weighted by molar-refractivity contribution is 9.10. The number of anilines is 3. The molecular formula is C29H24BrClN4O4. The van der Waals surface area contributed by atoms with Gasteiger partial charge in [-0.3, -0.25) is 14.4 Å². The molecule has 2 N–H and O–H groups in total. The number of aromatic nitrogens is 1. The van der Waals surface area contributed by atoms with Crippen molar-refractivity contribution in [2.24, 2.45) is 5.92 Å². The van der Waals surface area contributed by atoms with Gasteiger partial charge >= 0.3 is 0 Å². The van der Waals surface area contributed by atoms with Gasteiger partial charge in [-0.25, -0.2) is 0 Å². The largest absolute Gasteiger partial charge is 0.444 e. The van der Waals surface area contributed by atoms with Gasteiger partial charge in [0, 0.05) is 53.6 Å². The Hall–Kier alpha value is -3.82. The molecule has 8 nitrogen and oxygen atoms in total. The summed E-state index contributed by atoms with van der Waals surface area (Å²) < 4.78 is 7.78. The van der Waals surface area contributed by atoms with E-state index in [1.807, 2.05) is 22.8 Å². The van der Waals surface area contributed by atoms with Crippen molar-refractivity contribution in [2.75, 3.05) is 28.6 Å². The topological polar surface area (TPSA) is 96.6 Å². The van der Waals surface area contributed by atoms with E-state index in [2.05, 4.69) is 31.5 Å². The van der Waals surface area contributed by atoms with Gasteiger partial charge in [0.1, 0.15) is 0 Å². The Morgan fingerprint density at radius 3 is 2.51 bits per heavy atom. The van der Waals surface area contributed by atoms with E-state index < -0.39 is 5.91 Å². The van der Waals surface area contributed by atoms with Gasteiger partial charge in [-0.2, -0.15) is 0 Å². The number of amides is 2. The Morgan fingerprint density at radius 2 is 1.74 bits per heavy atom. The number of carbonyl (C=O) groups excluding carboxylic acids is 2. The van der Waals surface area contributed by atoms with Gasteiger partial charge < -0.3 is 24.5 Å². The molecule has 2 amide bonds. The van der Waals surface area contributed by atoms with E-state index in [4.69, 9.17) is 16.0 Å². The number of hydrogen-bond donors (Lipinski definition) is 2. The summed E-state index contributed by atoms with van der Waals surface area (Å²) in [6, 6.07) is 20.8. The minimum Gasteiger partial charge on any atom is -0.444 e. The zero-order chi connectivity index (χ0) is 27.1. The molecule has 198 valence electrons. The first-order valence-electron chi connectivity index (χ1n) is 12.6. The number of pyridine rings is 1. The van der Waals surface area contributed by atoms with Crippen LogP contribution in [0.15, 0.2) is 86.7 Å². The van der Waals surface area contributed by atoms with Crippen molar-refractivity contribution in [3.63, 3.8) is 0 Å². The fraction of sp³-hybridized carbons (Fsp3) is 0.207. The summed E-state index contributed by atoms with van der Waals surface area (Å²) in [4.78, 5) is 40.9. The maximum absolute atomic E-state index is 13.1. The first kappa shape index (κ1) is 25.5. The van der Waals surface area contributed by atoms with Crippen molar-refractivity contribution in [3.05, 3.63) is 110 Å². The van der Waals surface area contributed by atoms with Crippen molar-refractivity contribution >= 4 is 56.4 Å². The van der Waals surface area contributed by atoms with Gasteiger partial charge in [-0.05, 0) is 88.9 Å². The molecule has 1 fully saturated rings. The zero-order valence-electron chi connectivity index (χ0n) is 20.7. The Bertz CT molecular complexity index is 1630. The lowest BCUT2D eigenvalue weighted by atomic mass is 9.83. The maximum atomic E-state index is 13.1. The minimum atomic E-state index is -0.425. The van der Waals surface area contributed by atoms with E-state index in [9.17, 15) is 14.4 Å². The third-order valence-electron chi connectivity index (χ3n) is 7.23. The van der Waals surface area contributed by atoms with Crippen LogP contribution in [0.5, 0.6) is 0 Å². The van der Waals surface area contributed by atoms with Crippen LogP contribution in [0.4, 0.5) is 17.1 Å². The molecule has 2 aromatic heterocycles. The van der Waals surface area contributed by atoms with Crippen LogP contribution in [0.1, 0.15) is 38.9 Å². The second kappa shape index (κ2) is 10.4. The Morgan fingerprint density at radius 1 is 0.923 bits per heavy atom. The second-order valence-corrected chi connectivity index (χ2v) is 11.1. The highest BCUT2D eigenvalue weighted by Gasteiger charge is 2.35. The van der Waals surface area contributed by atoms with Crippen molar-refractivity contribution in [1.82, 2.24) is 4.57 Å². The SMILES string of the molecule is O=C(Nc1ccc(Cl)cc1)c1ccc(N2CC3CC(C2)c2cccc(=O)n2C3)c(NC(=O)c2ccc(Br)o2)c1. The van der Waals surface area contributed by atoms with Crippen LogP contribution in [0.25, 0.3) is 0 Å². The molecule has 0 saturated carbocycles. The van der Waals surface area contributed by atoms with E-state index in [-0.39, 0.29) is 29.1 Å². The molecule has 2 aliphatic heterocycles. The first-order chi connectivity index (χ1) is 18.8. The van der Waals surface area contributed by atoms with Crippen LogP contribution >= 0.6 is 27.5 Å². The molecule has 2 aliphatic rings. The molecule has 0 aliphatic carbocycles.